The largest absolute Gasteiger partial charge is 0.289 e. The van der Waals surface area contributed by atoms with Gasteiger partial charge in [0.15, 0.2) is 0 Å². The van der Waals surface area contributed by atoms with Gasteiger partial charge in [-0.1, -0.05) is 26.3 Å². The van der Waals surface area contributed by atoms with Gasteiger partial charge in [-0.15, -0.1) is 0 Å². The Bertz CT molecular complexity index is 246. The Hall–Kier alpha value is -0.590. The number of hydrogen-bond donors (Lipinski definition) is 0. The van der Waals surface area contributed by atoms with E-state index in [1.165, 1.54) is 17.7 Å². The van der Waals surface area contributed by atoms with E-state index in [0.717, 1.165) is 6.54 Å². The topological polar surface area (TPSA) is 12.4 Å². The molecule has 1 unspecified atom stereocenters. The highest BCUT2D eigenvalue weighted by molar-refractivity contribution is 6.02. The van der Waals surface area contributed by atoms with Gasteiger partial charge in [0.25, 0.3) is 0 Å². The van der Waals surface area contributed by atoms with Crippen molar-refractivity contribution in [1.82, 2.24) is 0 Å². The molecule has 0 fully saturated rings. The molecule has 1 aliphatic rings. The highest BCUT2D eigenvalue weighted by Gasteiger charge is 2.20. The number of dihydropyridines is 1. The fraction of sp³-hybridized carbons (Fsp3) is 0.750. The Morgan fingerprint density at radius 2 is 2.00 bits per heavy atom. The summed E-state index contributed by atoms with van der Waals surface area (Å²) in [5.41, 5.74) is 4.32. The maximum atomic E-state index is 4.67. The number of hydrogen-bond acceptors (Lipinski definition) is 1. The lowest BCUT2D eigenvalue weighted by atomic mass is 9.86. The SMILES string of the molecule is CCC1CN=C(C(C)C)C(C)=C1C. The minimum atomic E-state index is 0.577. The van der Waals surface area contributed by atoms with Gasteiger partial charge in [0, 0.05) is 12.3 Å². The van der Waals surface area contributed by atoms with Gasteiger partial charge in [-0.25, -0.2) is 0 Å². The van der Waals surface area contributed by atoms with E-state index < -0.39 is 0 Å². The van der Waals surface area contributed by atoms with Crippen molar-refractivity contribution in [1.29, 1.82) is 0 Å². The highest BCUT2D eigenvalue weighted by Crippen LogP contribution is 2.26. The van der Waals surface area contributed by atoms with Gasteiger partial charge in [0.05, 0.1) is 0 Å². The van der Waals surface area contributed by atoms with Crippen LogP contribution < -0.4 is 0 Å². The van der Waals surface area contributed by atoms with Crippen molar-refractivity contribution < 1.29 is 0 Å². The highest BCUT2D eigenvalue weighted by atomic mass is 14.8. The van der Waals surface area contributed by atoms with Crippen molar-refractivity contribution in [2.75, 3.05) is 6.54 Å². The van der Waals surface area contributed by atoms with Crippen LogP contribution in [0.25, 0.3) is 0 Å². The van der Waals surface area contributed by atoms with Crippen molar-refractivity contribution in [3.8, 4) is 0 Å². The van der Waals surface area contributed by atoms with Crippen LogP contribution in [0.5, 0.6) is 0 Å². The number of aliphatic imine (C=N–C) groups is 1. The van der Waals surface area contributed by atoms with Crippen LogP contribution in [0.3, 0.4) is 0 Å². The summed E-state index contributed by atoms with van der Waals surface area (Å²) in [6, 6.07) is 0. The quantitative estimate of drug-likeness (QED) is 0.615. The van der Waals surface area contributed by atoms with Gasteiger partial charge in [-0.05, 0) is 37.7 Å². The second-order valence-corrected chi connectivity index (χ2v) is 4.29. The first-order chi connectivity index (χ1) is 6.07. The first-order valence-electron chi connectivity index (χ1n) is 5.30. The molecular weight excluding hydrogens is 158 g/mol. The van der Waals surface area contributed by atoms with Crippen molar-refractivity contribution >= 4 is 5.71 Å². The van der Waals surface area contributed by atoms with Crippen LogP contribution in [-0.4, -0.2) is 12.3 Å². The van der Waals surface area contributed by atoms with E-state index in [2.05, 4.69) is 39.6 Å². The Balaban J connectivity index is 2.92. The van der Waals surface area contributed by atoms with Gasteiger partial charge >= 0.3 is 0 Å². The zero-order valence-corrected chi connectivity index (χ0v) is 9.52. The van der Waals surface area contributed by atoms with E-state index >= 15 is 0 Å². The molecule has 0 aromatic heterocycles. The Labute approximate surface area is 82.0 Å². The lowest BCUT2D eigenvalue weighted by molar-refractivity contribution is 0.588. The summed E-state index contributed by atoms with van der Waals surface area (Å²) >= 11 is 0. The molecule has 13 heavy (non-hydrogen) atoms. The summed E-state index contributed by atoms with van der Waals surface area (Å²) in [5, 5.41) is 0. The Morgan fingerprint density at radius 1 is 1.38 bits per heavy atom. The molecule has 0 bridgehead atoms. The zero-order chi connectivity index (χ0) is 10.0. The minimum Gasteiger partial charge on any atom is -0.289 e. The summed E-state index contributed by atoms with van der Waals surface area (Å²) < 4.78 is 0. The van der Waals surface area contributed by atoms with Crippen molar-refractivity contribution in [3.63, 3.8) is 0 Å². The molecule has 0 aromatic carbocycles. The normalized spacial score (nSPS) is 23.8. The molecule has 0 N–H and O–H groups in total. The third kappa shape index (κ3) is 2.01. The van der Waals surface area contributed by atoms with E-state index in [-0.39, 0.29) is 0 Å². The average Bonchev–Trinajstić information content (AvgIpc) is 2.09. The van der Waals surface area contributed by atoms with Crippen LogP contribution in [0, 0.1) is 11.8 Å². The van der Waals surface area contributed by atoms with E-state index in [0.29, 0.717) is 11.8 Å². The van der Waals surface area contributed by atoms with Crippen LogP contribution in [0.4, 0.5) is 0 Å². The van der Waals surface area contributed by atoms with Gasteiger partial charge in [0.2, 0.25) is 0 Å². The summed E-state index contributed by atoms with van der Waals surface area (Å²) in [6.45, 7) is 12.2. The summed E-state index contributed by atoms with van der Waals surface area (Å²) in [7, 11) is 0. The van der Waals surface area contributed by atoms with Crippen LogP contribution in [0.1, 0.15) is 41.0 Å². The van der Waals surface area contributed by atoms with E-state index in [9.17, 15) is 0 Å². The maximum Gasteiger partial charge on any atom is 0.0458 e. The van der Waals surface area contributed by atoms with Gasteiger partial charge in [-0.3, -0.25) is 4.99 Å². The third-order valence-corrected chi connectivity index (χ3v) is 3.11. The first kappa shape index (κ1) is 10.5. The first-order valence-corrected chi connectivity index (χ1v) is 5.30. The molecule has 1 nitrogen and oxygen atoms in total. The summed E-state index contributed by atoms with van der Waals surface area (Å²) in [5.74, 6) is 1.27. The minimum absolute atomic E-state index is 0.577. The predicted octanol–water partition coefficient (Wildman–Crippen LogP) is 3.46. The number of nitrogens with zero attached hydrogens (tertiary/aromatic N) is 1. The maximum absolute atomic E-state index is 4.67. The van der Waals surface area contributed by atoms with Crippen molar-refractivity contribution in [2.45, 2.75) is 41.0 Å². The second kappa shape index (κ2) is 4.08. The molecule has 1 atom stereocenters. The van der Waals surface area contributed by atoms with E-state index in [4.69, 9.17) is 0 Å². The fourth-order valence-electron chi connectivity index (χ4n) is 2.02. The molecule has 1 aliphatic heterocycles. The zero-order valence-electron chi connectivity index (χ0n) is 9.52. The summed E-state index contributed by atoms with van der Waals surface area (Å²) in [6.07, 6.45) is 1.22. The molecule has 0 saturated heterocycles. The van der Waals surface area contributed by atoms with Gasteiger partial charge in [-0.2, -0.15) is 0 Å². The predicted molar refractivity (Wildman–Crippen MR) is 59.3 cm³/mol. The Morgan fingerprint density at radius 3 is 2.46 bits per heavy atom. The molecule has 0 saturated carbocycles. The second-order valence-electron chi connectivity index (χ2n) is 4.29. The van der Waals surface area contributed by atoms with E-state index in [1.54, 1.807) is 5.57 Å². The van der Waals surface area contributed by atoms with Crippen LogP contribution in [-0.2, 0) is 0 Å². The molecule has 1 heterocycles. The molecule has 0 aliphatic carbocycles. The van der Waals surface area contributed by atoms with Gasteiger partial charge in [0.1, 0.15) is 0 Å². The molecule has 0 radical (unpaired) electrons. The van der Waals surface area contributed by atoms with Crippen molar-refractivity contribution in [3.05, 3.63) is 11.1 Å². The monoisotopic (exact) mass is 179 g/mol. The lowest BCUT2D eigenvalue weighted by Gasteiger charge is -2.25. The lowest BCUT2D eigenvalue weighted by Crippen LogP contribution is -2.21. The third-order valence-electron chi connectivity index (χ3n) is 3.11. The fourth-order valence-corrected chi connectivity index (χ4v) is 2.02. The standard InChI is InChI=1S/C12H21N/c1-6-11-7-13-12(8(2)3)10(5)9(11)4/h8,11H,6-7H2,1-5H3. The molecule has 74 valence electrons. The Kier molecular flexibility index (Phi) is 3.29. The average molecular weight is 179 g/mol. The van der Waals surface area contributed by atoms with Crippen LogP contribution in [0.2, 0.25) is 0 Å². The van der Waals surface area contributed by atoms with E-state index in [1.807, 2.05) is 0 Å². The van der Waals surface area contributed by atoms with Crippen molar-refractivity contribution in [2.24, 2.45) is 16.8 Å². The molecule has 1 heteroatoms. The smallest absolute Gasteiger partial charge is 0.0458 e. The van der Waals surface area contributed by atoms with Gasteiger partial charge < -0.3 is 0 Å². The molecular formula is C12H21N. The number of allylic oxidation sites excluding steroid dienone is 1. The summed E-state index contributed by atoms with van der Waals surface area (Å²) in [4.78, 5) is 4.67. The molecule has 1 rings (SSSR count). The molecule has 0 amide bonds. The van der Waals surface area contributed by atoms with Crippen LogP contribution >= 0.6 is 0 Å². The molecule has 0 spiro atoms. The van der Waals surface area contributed by atoms with Crippen LogP contribution in [0.15, 0.2) is 16.1 Å². The number of rotatable bonds is 2. The molecule has 0 aromatic rings.